The van der Waals surface area contributed by atoms with Crippen LogP contribution in [0.1, 0.15) is 57.8 Å². The van der Waals surface area contributed by atoms with Crippen LogP contribution in [0.5, 0.6) is 0 Å². The van der Waals surface area contributed by atoms with Crippen LogP contribution in [0.4, 0.5) is 0 Å². The van der Waals surface area contributed by atoms with Crippen LogP contribution in [-0.2, 0) is 0 Å². The Hall–Kier alpha value is -0.0800. The third kappa shape index (κ3) is 2.53. The molecule has 1 N–H and O–H groups in total. The summed E-state index contributed by atoms with van der Waals surface area (Å²) in [5, 5.41) is 9.11. The van der Waals surface area contributed by atoms with E-state index in [0.29, 0.717) is 17.4 Å². The van der Waals surface area contributed by atoms with Crippen LogP contribution >= 0.6 is 0 Å². The van der Waals surface area contributed by atoms with Gasteiger partial charge in [-0.3, -0.25) is 0 Å². The van der Waals surface area contributed by atoms with E-state index in [2.05, 4.69) is 4.90 Å². The Morgan fingerprint density at radius 1 is 0.882 bits per heavy atom. The fourth-order valence-corrected chi connectivity index (χ4v) is 4.18. The zero-order valence-corrected chi connectivity index (χ0v) is 11.1. The van der Waals surface area contributed by atoms with E-state index >= 15 is 0 Å². The van der Waals surface area contributed by atoms with Gasteiger partial charge in [-0.15, -0.1) is 0 Å². The molecular formula is C15H27NO. The number of aliphatic hydroxyl groups excluding tert-OH is 1. The van der Waals surface area contributed by atoms with Crippen molar-refractivity contribution in [3.63, 3.8) is 0 Å². The van der Waals surface area contributed by atoms with E-state index in [9.17, 15) is 0 Å². The molecule has 0 aromatic heterocycles. The molecule has 1 spiro atoms. The van der Waals surface area contributed by atoms with Crippen LogP contribution in [0, 0.1) is 10.8 Å². The molecule has 17 heavy (non-hydrogen) atoms. The van der Waals surface area contributed by atoms with Crippen molar-refractivity contribution < 1.29 is 5.11 Å². The lowest BCUT2D eigenvalue weighted by Crippen LogP contribution is -2.57. The van der Waals surface area contributed by atoms with Crippen LogP contribution in [0.15, 0.2) is 0 Å². The maximum atomic E-state index is 9.11. The van der Waals surface area contributed by atoms with Gasteiger partial charge in [-0.25, -0.2) is 0 Å². The van der Waals surface area contributed by atoms with Crippen molar-refractivity contribution in [1.82, 2.24) is 4.90 Å². The summed E-state index contributed by atoms with van der Waals surface area (Å²) < 4.78 is 0. The molecule has 3 fully saturated rings. The summed E-state index contributed by atoms with van der Waals surface area (Å²) in [5.41, 5.74) is 1.24. The van der Waals surface area contributed by atoms with E-state index in [4.69, 9.17) is 5.11 Å². The van der Waals surface area contributed by atoms with Crippen LogP contribution in [0.3, 0.4) is 0 Å². The third-order valence-corrected chi connectivity index (χ3v) is 5.44. The normalized spacial score (nSPS) is 30.9. The fourth-order valence-electron chi connectivity index (χ4n) is 4.18. The highest BCUT2D eigenvalue weighted by atomic mass is 16.3. The summed E-state index contributed by atoms with van der Waals surface area (Å²) in [6, 6.07) is 0. The van der Waals surface area contributed by atoms with Gasteiger partial charge in [0, 0.05) is 26.2 Å². The van der Waals surface area contributed by atoms with Crippen molar-refractivity contribution >= 4 is 0 Å². The van der Waals surface area contributed by atoms with Gasteiger partial charge >= 0.3 is 0 Å². The zero-order chi connectivity index (χ0) is 11.8. The Morgan fingerprint density at radius 2 is 1.53 bits per heavy atom. The van der Waals surface area contributed by atoms with Crippen LogP contribution in [0.2, 0.25) is 0 Å². The molecule has 3 aliphatic rings. The van der Waals surface area contributed by atoms with Crippen molar-refractivity contribution in [1.29, 1.82) is 0 Å². The number of nitrogens with zero attached hydrogens (tertiary/aromatic N) is 1. The molecule has 2 saturated carbocycles. The summed E-state index contributed by atoms with van der Waals surface area (Å²) in [6.45, 7) is 4.38. The zero-order valence-electron chi connectivity index (χ0n) is 11.1. The lowest BCUT2D eigenvalue weighted by molar-refractivity contribution is -0.0265. The first kappa shape index (κ1) is 12.0. The smallest absolute Gasteiger partial charge is 0.0436 e. The molecule has 3 rings (SSSR count). The fraction of sp³-hybridized carbons (Fsp3) is 1.00. The molecule has 1 heterocycles. The largest absolute Gasteiger partial charge is 0.396 e. The van der Waals surface area contributed by atoms with Gasteiger partial charge in [0.15, 0.2) is 0 Å². The van der Waals surface area contributed by atoms with Gasteiger partial charge in [-0.2, -0.15) is 0 Å². The molecule has 0 bridgehead atoms. The lowest BCUT2D eigenvalue weighted by Gasteiger charge is -2.51. The van der Waals surface area contributed by atoms with Crippen molar-refractivity contribution in [2.45, 2.75) is 57.8 Å². The first-order chi connectivity index (χ1) is 8.26. The maximum Gasteiger partial charge on any atom is 0.0436 e. The standard InChI is InChI=1S/C15H27NO/c17-10-9-14(7-8-14)11-16-12-15(13-16)5-3-1-2-4-6-15/h17H,1-13H2. The van der Waals surface area contributed by atoms with Crippen LogP contribution in [0.25, 0.3) is 0 Å². The molecule has 1 aliphatic heterocycles. The minimum absolute atomic E-state index is 0.388. The highest BCUT2D eigenvalue weighted by Crippen LogP contribution is 2.52. The molecule has 2 nitrogen and oxygen atoms in total. The van der Waals surface area contributed by atoms with Gasteiger partial charge in [0.1, 0.15) is 0 Å². The van der Waals surface area contributed by atoms with E-state index < -0.39 is 0 Å². The van der Waals surface area contributed by atoms with Gasteiger partial charge in [0.05, 0.1) is 0 Å². The molecule has 98 valence electrons. The SMILES string of the molecule is OCCC1(CN2CC3(CCCCCC3)C2)CC1. The lowest BCUT2D eigenvalue weighted by atomic mass is 9.73. The predicted octanol–water partition coefficient (Wildman–Crippen LogP) is 2.81. The number of hydrogen-bond acceptors (Lipinski definition) is 2. The minimum atomic E-state index is 0.388. The topological polar surface area (TPSA) is 23.5 Å². The van der Waals surface area contributed by atoms with Crippen molar-refractivity contribution in [2.24, 2.45) is 10.8 Å². The number of likely N-dealkylation sites (tertiary alicyclic amines) is 1. The van der Waals surface area contributed by atoms with Crippen molar-refractivity contribution in [3.05, 3.63) is 0 Å². The number of aliphatic hydroxyl groups is 1. The summed E-state index contributed by atoms with van der Waals surface area (Å²) in [5.74, 6) is 0. The minimum Gasteiger partial charge on any atom is -0.396 e. The molecule has 2 heteroatoms. The summed E-state index contributed by atoms with van der Waals surface area (Å²) in [4.78, 5) is 2.67. The highest BCUT2D eigenvalue weighted by Gasteiger charge is 2.49. The monoisotopic (exact) mass is 237 g/mol. The summed E-state index contributed by atoms with van der Waals surface area (Å²) in [7, 11) is 0. The summed E-state index contributed by atoms with van der Waals surface area (Å²) >= 11 is 0. The second-order valence-corrected chi connectivity index (χ2v) is 7.03. The van der Waals surface area contributed by atoms with Crippen LogP contribution in [-0.4, -0.2) is 36.2 Å². The summed E-state index contributed by atoms with van der Waals surface area (Å²) in [6.07, 6.45) is 12.6. The van der Waals surface area contributed by atoms with Gasteiger partial charge in [0.2, 0.25) is 0 Å². The Labute approximate surface area is 105 Å². The average Bonchev–Trinajstić information content (AvgIpc) is 3.03. The maximum absolute atomic E-state index is 9.11. The molecule has 0 amide bonds. The van der Waals surface area contributed by atoms with Gasteiger partial charge < -0.3 is 10.0 Å². The average molecular weight is 237 g/mol. The molecule has 0 unspecified atom stereocenters. The van der Waals surface area contributed by atoms with Crippen molar-refractivity contribution in [2.75, 3.05) is 26.2 Å². The van der Waals surface area contributed by atoms with Gasteiger partial charge in [-0.1, -0.05) is 25.7 Å². The molecular weight excluding hydrogens is 210 g/mol. The van der Waals surface area contributed by atoms with E-state index in [1.54, 1.807) is 0 Å². The van der Waals surface area contributed by atoms with Crippen LogP contribution < -0.4 is 0 Å². The van der Waals surface area contributed by atoms with E-state index in [1.807, 2.05) is 0 Å². The Morgan fingerprint density at radius 3 is 2.06 bits per heavy atom. The Kier molecular flexibility index (Phi) is 3.20. The van der Waals surface area contributed by atoms with E-state index in [1.165, 1.54) is 71.0 Å². The van der Waals surface area contributed by atoms with Gasteiger partial charge in [-0.05, 0) is 42.9 Å². The molecule has 2 aliphatic carbocycles. The van der Waals surface area contributed by atoms with E-state index in [0.717, 1.165) is 6.42 Å². The second kappa shape index (κ2) is 4.55. The van der Waals surface area contributed by atoms with E-state index in [-0.39, 0.29) is 0 Å². The first-order valence-corrected chi connectivity index (χ1v) is 7.59. The molecule has 0 aromatic carbocycles. The predicted molar refractivity (Wildman–Crippen MR) is 69.9 cm³/mol. The third-order valence-electron chi connectivity index (χ3n) is 5.44. The van der Waals surface area contributed by atoms with Gasteiger partial charge in [0.25, 0.3) is 0 Å². The quantitative estimate of drug-likeness (QED) is 0.812. The molecule has 0 aromatic rings. The second-order valence-electron chi connectivity index (χ2n) is 7.03. The highest BCUT2D eigenvalue weighted by molar-refractivity contribution is 5.02. The Balaban J connectivity index is 1.47. The molecule has 0 atom stereocenters. The first-order valence-electron chi connectivity index (χ1n) is 7.59. The molecule has 1 saturated heterocycles. The van der Waals surface area contributed by atoms with Crippen molar-refractivity contribution in [3.8, 4) is 0 Å². The number of hydrogen-bond donors (Lipinski definition) is 1. The Bertz CT molecular complexity index is 256. The molecule has 0 radical (unpaired) electrons. The number of rotatable bonds is 4.